The van der Waals surface area contributed by atoms with Crippen molar-refractivity contribution >= 4 is 49.9 Å². The van der Waals surface area contributed by atoms with Gasteiger partial charge in [0, 0.05) is 4.88 Å². The zero-order valence-corrected chi connectivity index (χ0v) is 20.2. The van der Waals surface area contributed by atoms with Gasteiger partial charge >= 0.3 is 11.9 Å². The van der Waals surface area contributed by atoms with Crippen molar-refractivity contribution in [3.63, 3.8) is 0 Å². The van der Waals surface area contributed by atoms with Gasteiger partial charge < -0.3 is 14.8 Å². The minimum Gasteiger partial charge on any atom is -0.462 e. The van der Waals surface area contributed by atoms with Gasteiger partial charge in [-0.05, 0) is 49.8 Å². The van der Waals surface area contributed by atoms with Crippen LogP contribution < -0.4 is 10.0 Å². The molecule has 3 rings (SSSR count). The Morgan fingerprint density at radius 3 is 2.58 bits per heavy atom. The molecule has 2 N–H and O–H groups in total. The molecular weight excluding hydrogens is 468 g/mol. The summed E-state index contributed by atoms with van der Waals surface area (Å²) in [5.74, 6) is -1.48. The third kappa shape index (κ3) is 6.32. The van der Waals surface area contributed by atoms with Gasteiger partial charge in [-0.1, -0.05) is 19.1 Å². The van der Waals surface area contributed by atoms with Gasteiger partial charge in [-0.25, -0.2) is 18.0 Å². The molecule has 2 aromatic rings. The topological polar surface area (TPSA) is 128 Å². The largest absolute Gasteiger partial charge is 0.462 e. The lowest BCUT2D eigenvalue weighted by Crippen LogP contribution is -2.22. The van der Waals surface area contributed by atoms with Gasteiger partial charge in [0.1, 0.15) is 5.00 Å². The molecule has 9 nitrogen and oxygen atoms in total. The van der Waals surface area contributed by atoms with Crippen molar-refractivity contribution < 1.29 is 32.3 Å². The molecule has 1 amide bonds. The number of carbonyl (C=O) groups is 3. The van der Waals surface area contributed by atoms with Crippen molar-refractivity contribution in [3.8, 4) is 0 Å². The maximum absolute atomic E-state index is 12.6. The molecule has 1 aliphatic carbocycles. The van der Waals surface area contributed by atoms with E-state index in [0.717, 1.165) is 36.0 Å². The van der Waals surface area contributed by atoms with Crippen molar-refractivity contribution in [1.29, 1.82) is 0 Å². The molecule has 1 aromatic heterocycles. The van der Waals surface area contributed by atoms with E-state index in [1.165, 1.54) is 23.5 Å². The molecule has 1 heterocycles. The number of anilines is 2. The van der Waals surface area contributed by atoms with Gasteiger partial charge in [-0.15, -0.1) is 11.3 Å². The van der Waals surface area contributed by atoms with Gasteiger partial charge in [0.05, 0.1) is 29.7 Å². The van der Waals surface area contributed by atoms with E-state index < -0.39 is 34.5 Å². The highest BCUT2D eigenvalue weighted by molar-refractivity contribution is 7.92. The SMILES string of the molecule is CCOC(=O)c1c(NC(=O)COC(=O)c2ccccc2NS(C)(=O)=O)sc2c1CCC(C)C2. The van der Waals surface area contributed by atoms with Crippen LogP contribution in [-0.4, -0.2) is 45.7 Å². The minimum absolute atomic E-state index is 0.0245. The van der Waals surface area contributed by atoms with Gasteiger partial charge in [0.25, 0.3) is 5.91 Å². The smallest absolute Gasteiger partial charge is 0.341 e. The predicted octanol–water partition coefficient (Wildman–Crippen LogP) is 3.22. The number of nitrogens with one attached hydrogen (secondary N) is 2. The summed E-state index contributed by atoms with van der Waals surface area (Å²) in [6.07, 6.45) is 3.46. The Labute approximate surface area is 196 Å². The van der Waals surface area contributed by atoms with Crippen LogP contribution >= 0.6 is 11.3 Å². The molecule has 0 saturated heterocycles. The van der Waals surface area contributed by atoms with Gasteiger partial charge in [0.2, 0.25) is 10.0 Å². The first-order valence-electron chi connectivity index (χ1n) is 10.4. The number of thiophene rings is 1. The highest BCUT2D eigenvalue weighted by Crippen LogP contribution is 2.40. The molecule has 1 unspecified atom stereocenters. The quantitative estimate of drug-likeness (QED) is 0.539. The van der Waals surface area contributed by atoms with E-state index in [1.54, 1.807) is 19.1 Å². The minimum atomic E-state index is -3.61. The average molecular weight is 495 g/mol. The second-order valence-corrected chi connectivity index (χ2v) is 10.7. The fraction of sp³-hybridized carbons (Fsp3) is 0.409. The number of carbonyl (C=O) groups excluding carboxylic acids is 3. The molecular formula is C22H26N2O7S2. The highest BCUT2D eigenvalue weighted by Gasteiger charge is 2.29. The van der Waals surface area contributed by atoms with E-state index in [1.807, 2.05) is 0 Å². The molecule has 0 fully saturated rings. The average Bonchev–Trinajstić information content (AvgIpc) is 3.08. The fourth-order valence-corrected chi connectivity index (χ4v) is 5.57. The van der Waals surface area contributed by atoms with Crippen molar-refractivity contribution in [1.82, 2.24) is 0 Å². The van der Waals surface area contributed by atoms with Crippen LogP contribution in [0.5, 0.6) is 0 Å². The summed E-state index contributed by atoms with van der Waals surface area (Å²) < 4.78 is 35.6. The lowest BCUT2D eigenvalue weighted by Gasteiger charge is -2.18. The van der Waals surface area contributed by atoms with Crippen LogP contribution in [0.25, 0.3) is 0 Å². The van der Waals surface area contributed by atoms with Gasteiger partial charge in [-0.2, -0.15) is 0 Å². The summed E-state index contributed by atoms with van der Waals surface area (Å²) in [5.41, 5.74) is 1.30. The third-order valence-electron chi connectivity index (χ3n) is 5.02. The first-order chi connectivity index (χ1) is 15.6. The monoisotopic (exact) mass is 494 g/mol. The molecule has 0 bridgehead atoms. The van der Waals surface area contributed by atoms with E-state index >= 15 is 0 Å². The highest BCUT2D eigenvalue weighted by atomic mass is 32.2. The van der Waals surface area contributed by atoms with E-state index in [9.17, 15) is 22.8 Å². The molecule has 0 radical (unpaired) electrons. The van der Waals surface area contributed by atoms with Gasteiger partial charge in [0.15, 0.2) is 6.61 Å². The number of benzene rings is 1. The number of esters is 2. The number of ether oxygens (including phenoxy) is 2. The molecule has 0 aliphatic heterocycles. The predicted molar refractivity (Wildman–Crippen MR) is 125 cm³/mol. The number of hydrogen-bond donors (Lipinski definition) is 2. The normalized spacial score (nSPS) is 15.3. The van der Waals surface area contributed by atoms with Crippen LogP contribution in [0.2, 0.25) is 0 Å². The van der Waals surface area contributed by atoms with Crippen LogP contribution in [0, 0.1) is 5.92 Å². The summed E-state index contributed by atoms with van der Waals surface area (Å²) in [6, 6.07) is 5.92. The molecule has 0 spiro atoms. The van der Waals surface area contributed by atoms with E-state index in [4.69, 9.17) is 9.47 Å². The third-order valence-corrected chi connectivity index (χ3v) is 6.78. The Bertz CT molecular complexity index is 1170. The van der Waals surface area contributed by atoms with Crippen molar-refractivity contribution in [2.24, 2.45) is 5.92 Å². The van der Waals surface area contributed by atoms with Crippen LogP contribution in [0.15, 0.2) is 24.3 Å². The Hall–Kier alpha value is -2.92. The summed E-state index contributed by atoms with van der Waals surface area (Å²) in [4.78, 5) is 38.6. The Morgan fingerprint density at radius 1 is 1.15 bits per heavy atom. The molecule has 11 heteroatoms. The fourth-order valence-electron chi connectivity index (χ4n) is 3.58. The number of para-hydroxylation sites is 1. The first kappa shape index (κ1) is 24.7. The second kappa shape index (κ2) is 10.3. The Kier molecular flexibility index (Phi) is 7.75. The number of hydrogen-bond acceptors (Lipinski definition) is 8. The van der Waals surface area contributed by atoms with E-state index in [2.05, 4.69) is 17.0 Å². The van der Waals surface area contributed by atoms with E-state index in [0.29, 0.717) is 16.5 Å². The zero-order valence-electron chi connectivity index (χ0n) is 18.6. The first-order valence-corrected chi connectivity index (χ1v) is 13.1. The summed E-state index contributed by atoms with van der Waals surface area (Å²) in [7, 11) is -3.61. The summed E-state index contributed by atoms with van der Waals surface area (Å²) >= 11 is 1.34. The molecule has 1 aliphatic rings. The van der Waals surface area contributed by atoms with Crippen LogP contribution in [0.3, 0.4) is 0 Å². The van der Waals surface area contributed by atoms with Crippen molar-refractivity contribution in [2.75, 3.05) is 29.5 Å². The maximum atomic E-state index is 12.6. The molecule has 33 heavy (non-hydrogen) atoms. The lowest BCUT2D eigenvalue weighted by molar-refractivity contribution is -0.119. The second-order valence-electron chi connectivity index (χ2n) is 7.82. The number of rotatable bonds is 8. The maximum Gasteiger partial charge on any atom is 0.341 e. The zero-order chi connectivity index (χ0) is 24.2. The Morgan fingerprint density at radius 2 is 1.88 bits per heavy atom. The van der Waals surface area contributed by atoms with Gasteiger partial charge in [-0.3, -0.25) is 9.52 Å². The van der Waals surface area contributed by atoms with Crippen molar-refractivity contribution in [2.45, 2.75) is 33.1 Å². The Balaban J connectivity index is 1.72. The lowest BCUT2D eigenvalue weighted by atomic mass is 9.88. The van der Waals surface area contributed by atoms with Crippen LogP contribution in [0.1, 0.15) is 51.4 Å². The van der Waals surface area contributed by atoms with Crippen LogP contribution in [0.4, 0.5) is 10.7 Å². The molecule has 1 aromatic carbocycles. The summed E-state index contributed by atoms with van der Waals surface area (Å²) in [5, 5.41) is 3.05. The number of sulfonamides is 1. The molecule has 1 atom stereocenters. The number of amides is 1. The molecule has 178 valence electrons. The summed E-state index contributed by atoms with van der Waals surface area (Å²) in [6.45, 7) is 3.47. The van der Waals surface area contributed by atoms with Crippen molar-refractivity contribution in [3.05, 3.63) is 45.8 Å². The molecule has 0 saturated carbocycles. The standard InChI is InChI=1S/C22H26N2O7S2/c1-4-30-22(27)19-15-10-9-13(2)11-17(15)32-20(19)23-18(25)12-31-21(26)14-7-5-6-8-16(14)24-33(3,28)29/h5-8,13,24H,4,9-12H2,1-3H3,(H,23,25). The van der Waals surface area contributed by atoms with E-state index in [-0.39, 0.29) is 17.9 Å². The van der Waals surface area contributed by atoms with Crippen LogP contribution in [-0.2, 0) is 37.1 Å². The number of fused-ring (bicyclic) bond motifs is 1.